The molecule has 2 aliphatic rings. The van der Waals surface area contributed by atoms with Crippen molar-refractivity contribution in [2.45, 2.75) is 32.6 Å². The lowest BCUT2D eigenvalue weighted by Gasteiger charge is -2.21. The van der Waals surface area contributed by atoms with Gasteiger partial charge < -0.3 is 5.11 Å². The first-order valence-electron chi connectivity index (χ1n) is 7.27. The lowest BCUT2D eigenvalue weighted by molar-refractivity contribution is 0.0954. The molecule has 2 aliphatic carbocycles. The summed E-state index contributed by atoms with van der Waals surface area (Å²) in [6.07, 6.45) is 5.25. The second-order valence-electron chi connectivity index (χ2n) is 6.02. The second kappa shape index (κ2) is 5.27. The van der Waals surface area contributed by atoms with E-state index in [9.17, 15) is 9.90 Å². The number of fused-ring (bicyclic) bond motifs is 2. The number of carbonyl (C=O) groups is 1. The van der Waals surface area contributed by atoms with Crippen LogP contribution in [0.2, 0.25) is 0 Å². The van der Waals surface area contributed by atoms with Crippen LogP contribution in [0.25, 0.3) is 0 Å². The minimum absolute atomic E-state index is 0.156. The molecule has 3 atom stereocenters. The molecule has 3 rings (SSSR count). The number of phenols is 1. The Hall–Kier alpha value is -1.84. The summed E-state index contributed by atoms with van der Waals surface area (Å²) in [5, 5.41) is 13.5. The van der Waals surface area contributed by atoms with Crippen LogP contribution in [0, 0.1) is 17.8 Å². The van der Waals surface area contributed by atoms with Crippen molar-refractivity contribution in [3.63, 3.8) is 0 Å². The van der Waals surface area contributed by atoms with Crippen LogP contribution in [0.5, 0.6) is 5.75 Å². The average Bonchev–Trinajstić information content (AvgIpc) is 3.08. The fraction of sp³-hybridized carbons (Fsp3) is 0.500. The molecule has 2 saturated carbocycles. The lowest BCUT2D eigenvalue weighted by Crippen LogP contribution is -2.24. The molecule has 1 amide bonds. The van der Waals surface area contributed by atoms with Gasteiger partial charge in [0.1, 0.15) is 5.75 Å². The van der Waals surface area contributed by atoms with Gasteiger partial charge in [0, 0.05) is 17.2 Å². The molecule has 0 aromatic heterocycles. The fourth-order valence-electron chi connectivity index (χ4n) is 3.66. The molecule has 0 saturated heterocycles. The highest BCUT2D eigenvalue weighted by Gasteiger charge is 2.40. The summed E-state index contributed by atoms with van der Waals surface area (Å²) in [5.74, 6) is 2.13. The van der Waals surface area contributed by atoms with E-state index in [0.717, 1.165) is 17.5 Å². The summed E-state index contributed by atoms with van der Waals surface area (Å²) in [6, 6.07) is 6.18. The van der Waals surface area contributed by atoms with Gasteiger partial charge in [-0.05, 0) is 62.3 Å². The molecule has 1 aromatic carbocycles. The van der Waals surface area contributed by atoms with Crippen LogP contribution in [-0.2, 0) is 0 Å². The molecule has 4 heteroatoms. The zero-order valence-corrected chi connectivity index (χ0v) is 11.7. The quantitative estimate of drug-likeness (QED) is 0.656. The van der Waals surface area contributed by atoms with Crippen molar-refractivity contribution >= 4 is 11.6 Å². The number of hydrazone groups is 1. The standard InChI is InChI=1S/C16H20N2O2/c1-10(15-9-11-2-3-13(15)8-11)17-18-16(20)12-4-6-14(19)7-5-12/h4-7,11,13,15,19H,2-3,8-9H2,1H3,(H,18,20)/b17-10-/t11-,13-,15-/m1/s1. The highest BCUT2D eigenvalue weighted by molar-refractivity contribution is 5.95. The van der Waals surface area contributed by atoms with Gasteiger partial charge in [0.2, 0.25) is 0 Å². The number of rotatable bonds is 3. The van der Waals surface area contributed by atoms with E-state index in [2.05, 4.69) is 10.5 Å². The monoisotopic (exact) mass is 272 g/mol. The third kappa shape index (κ3) is 2.55. The number of benzene rings is 1. The molecular weight excluding hydrogens is 252 g/mol. The maximum absolute atomic E-state index is 11.9. The van der Waals surface area contributed by atoms with Gasteiger partial charge in [-0.1, -0.05) is 6.42 Å². The molecule has 0 unspecified atom stereocenters. The third-order valence-electron chi connectivity index (χ3n) is 4.74. The molecule has 4 nitrogen and oxygen atoms in total. The molecule has 0 heterocycles. The molecule has 2 bridgehead atoms. The van der Waals surface area contributed by atoms with Gasteiger partial charge in [0.15, 0.2) is 0 Å². The van der Waals surface area contributed by atoms with E-state index in [1.807, 2.05) is 6.92 Å². The van der Waals surface area contributed by atoms with Gasteiger partial charge >= 0.3 is 0 Å². The van der Waals surface area contributed by atoms with Crippen LogP contribution in [0.4, 0.5) is 0 Å². The third-order valence-corrected chi connectivity index (χ3v) is 4.74. The summed E-state index contributed by atoms with van der Waals surface area (Å²) < 4.78 is 0. The Bertz CT molecular complexity index is 536. The normalized spacial score (nSPS) is 28.6. The number of nitrogens with zero attached hydrogens (tertiary/aromatic N) is 1. The molecule has 20 heavy (non-hydrogen) atoms. The lowest BCUT2D eigenvalue weighted by atomic mass is 9.86. The van der Waals surface area contributed by atoms with Crippen LogP contribution in [0.1, 0.15) is 43.0 Å². The van der Waals surface area contributed by atoms with E-state index in [0.29, 0.717) is 11.5 Å². The van der Waals surface area contributed by atoms with Gasteiger partial charge in [-0.25, -0.2) is 5.43 Å². The van der Waals surface area contributed by atoms with E-state index < -0.39 is 0 Å². The first-order valence-corrected chi connectivity index (χ1v) is 7.27. The first kappa shape index (κ1) is 13.2. The predicted molar refractivity (Wildman–Crippen MR) is 77.6 cm³/mol. The molecule has 0 radical (unpaired) electrons. The number of hydrogen-bond donors (Lipinski definition) is 2. The number of amides is 1. The molecule has 2 fully saturated rings. The number of aromatic hydroxyl groups is 1. The fourth-order valence-corrected chi connectivity index (χ4v) is 3.66. The van der Waals surface area contributed by atoms with Crippen LogP contribution in [0.3, 0.4) is 0 Å². The molecule has 0 spiro atoms. The first-order chi connectivity index (χ1) is 9.63. The number of phenolic OH excluding ortho intramolecular Hbond substituents is 1. The topological polar surface area (TPSA) is 61.7 Å². The van der Waals surface area contributed by atoms with Crippen molar-refractivity contribution in [2.75, 3.05) is 0 Å². The maximum atomic E-state index is 11.9. The van der Waals surface area contributed by atoms with Crippen molar-refractivity contribution in [1.82, 2.24) is 5.43 Å². The zero-order valence-electron chi connectivity index (χ0n) is 11.7. The average molecular weight is 272 g/mol. The van der Waals surface area contributed by atoms with Gasteiger partial charge in [-0.2, -0.15) is 5.10 Å². The van der Waals surface area contributed by atoms with Crippen LogP contribution >= 0.6 is 0 Å². The Morgan fingerprint density at radius 3 is 2.60 bits per heavy atom. The summed E-state index contributed by atoms with van der Waals surface area (Å²) in [7, 11) is 0. The van der Waals surface area contributed by atoms with Crippen molar-refractivity contribution in [2.24, 2.45) is 22.9 Å². The molecular formula is C16H20N2O2. The van der Waals surface area contributed by atoms with Crippen LogP contribution in [-0.4, -0.2) is 16.7 Å². The SMILES string of the molecule is C/C(=N/NC(=O)c1ccc(O)cc1)[C@H]1C[C@@H]2CC[C@@H]1C2. The predicted octanol–water partition coefficient (Wildman–Crippen LogP) is 2.93. The Morgan fingerprint density at radius 2 is 2.00 bits per heavy atom. The highest BCUT2D eigenvalue weighted by atomic mass is 16.3. The Balaban J connectivity index is 1.61. The highest BCUT2D eigenvalue weighted by Crippen LogP contribution is 2.48. The van der Waals surface area contributed by atoms with Crippen molar-refractivity contribution < 1.29 is 9.90 Å². The molecule has 106 valence electrons. The van der Waals surface area contributed by atoms with E-state index in [1.54, 1.807) is 12.1 Å². The summed E-state index contributed by atoms with van der Waals surface area (Å²) in [4.78, 5) is 11.9. The smallest absolute Gasteiger partial charge is 0.271 e. The number of nitrogens with one attached hydrogen (secondary N) is 1. The number of hydrogen-bond acceptors (Lipinski definition) is 3. The summed E-state index contributed by atoms with van der Waals surface area (Å²) in [6.45, 7) is 2.02. The minimum Gasteiger partial charge on any atom is -0.508 e. The largest absolute Gasteiger partial charge is 0.508 e. The van der Waals surface area contributed by atoms with Crippen molar-refractivity contribution in [1.29, 1.82) is 0 Å². The number of carbonyl (C=O) groups excluding carboxylic acids is 1. The molecule has 2 N–H and O–H groups in total. The molecule has 1 aromatic rings. The van der Waals surface area contributed by atoms with Gasteiger partial charge in [0.25, 0.3) is 5.91 Å². The van der Waals surface area contributed by atoms with E-state index in [-0.39, 0.29) is 11.7 Å². The Kier molecular flexibility index (Phi) is 3.47. The minimum atomic E-state index is -0.229. The van der Waals surface area contributed by atoms with E-state index in [1.165, 1.54) is 37.8 Å². The maximum Gasteiger partial charge on any atom is 0.271 e. The van der Waals surface area contributed by atoms with Gasteiger partial charge in [-0.3, -0.25) is 4.79 Å². The summed E-state index contributed by atoms with van der Waals surface area (Å²) >= 11 is 0. The Morgan fingerprint density at radius 1 is 1.25 bits per heavy atom. The second-order valence-corrected chi connectivity index (χ2v) is 6.02. The zero-order chi connectivity index (χ0) is 14.1. The van der Waals surface area contributed by atoms with Gasteiger partial charge in [0.05, 0.1) is 0 Å². The summed E-state index contributed by atoms with van der Waals surface area (Å²) in [5.41, 5.74) is 4.17. The van der Waals surface area contributed by atoms with Crippen LogP contribution < -0.4 is 5.43 Å². The van der Waals surface area contributed by atoms with Crippen molar-refractivity contribution in [3.8, 4) is 5.75 Å². The Labute approximate surface area is 118 Å². The van der Waals surface area contributed by atoms with Crippen LogP contribution in [0.15, 0.2) is 29.4 Å². The van der Waals surface area contributed by atoms with E-state index in [4.69, 9.17) is 0 Å². The van der Waals surface area contributed by atoms with Crippen molar-refractivity contribution in [3.05, 3.63) is 29.8 Å². The van der Waals surface area contributed by atoms with E-state index >= 15 is 0 Å². The molecule has 0 aliphatic heterocycles. The van der Waals surface area contributed by atoms with Gasteiger partial charge in [-0.15, -0.1) is 0 Å².